The van der Waals surface area contributed by atoms with E-state index >= 15 is 0 Å². The smallest absolute Gasteiger partial charge is 0.203 e. The highest BCUT2D eigenvalue weighted by atomic mass is 32.1. The zero-order valence-electron chi connectivity index (χ0n) is 16.7. The minimum Gasteiger partial charge on any atom is -0.493 e. The molecule has 0 fully saturated rings. The Bertz CT molecular complexity index is 1170. The summed E-state index contributed by atoms with van der Waals surface area (Å²) in [6.07, 6.45) is 2.59. The van der Waals surface area contributed by atoms with E-state index in [0.717, 1.165) is 33.5 Å². The largest absolute Gasteiger partial charge is 0.493 e. The summed E-state index contributed by atoms with van der Waals surface area (Å²) in [6, 6.07) is 9.88. The van der Waals surface area contributed by atoms with Crippen molar-refractivity contribution in [2.75, 3.05) is 21.3 Å². The fraction of sp³-hybridized carbons (Fsp3) is 0.130. The van der Waals surface area contributed by atoms with Gasteiger partial charge in [-0.25, -0.2) is 4.98 Å². The third kappa shape index (κ3) is 3.46. The van der Waals surface area contributed by atoms with Crippen LogP contribution >= 0.6 is 22.7 Å². The Kier molecular flexibility index (Phi) is 5.83. The van der Waals surface area contributed by atoms with Crippen molar-refractivity contribution in [2.24, 2.45) is 0 Å². The molecule has 2 heterocycles. The first-order valence-electron chi connectivity index (χ1n) is 9.06. The van der Waals surface area contributed by atoms with Gasteiger partial charge in [0.15, 0.2) is 17.8 Å². The quantitative estimate of drug-likeness (QED) is 0.330. The second-order valence-electron chi connectivity index (χ2n) is 6.34. The molecule has 2 aromatic carbocycles. The van der Waals surface area contributed by atoms with E-state index in [2.05, 4.69) is 22.5 Å². The molecule has 0 N–H and O–H groups in total. The van der Waals surface area contributed by atoms with Gasteiger partial charge in [0, 0.05) is 28.3 Å². The van der Waals surface area contributed by atoms with Crippen molar-refractivity contribution >= 4 is 29.0 Å². The molecule has 0 aliphatic carbocycles. The molecule has 0 radical (unpaired) electrons. The molecule has 0 atom stereocenters. The Hall–Kier alpha value is -3.16. The number of nitrogens with zero attached hydrogens (tertiary/aromatic N) is 1. The maximum atomic E-state index is 12.1. The molecule has 0 saturated carbocycles. The van der Waals surface area contributed by atoms with Crippen molar-refractivity contribution in [3.63, 3.8) is 0 Å². The Labute approximate surface area is 182 Å². The van der Waals surface area contributed by atoms with E-state index in [4.69, 9.17) is 14.2 Å². The lowest BCUT2D eigenvalue weighted by Gasteiger charge is -2.20. The molecule has 0 aliphatic rings. The zero-order valence-corrected chi connectivity index (χ0v) is 18.3. The predicted octanol–water partition coefficient (Wildman–Crippen LogP) is 6.04. The minimum absolute atomic E-state index is 0.438. The summed E-state index contributed by atoms with van der Waals surface area (Å²) in [5, 5.41) is 6.95. The fourth-order valence-corrected chi connectivity index (χ4v) is 4.76. The maximum Gasteiger partial charge on any atom is 0.203 e. The first kappa shape index (κ1) is 20.1. The second kappa shape index (κ2) is 8.69. The Balaban J connectivity index is 2.08. The van der Waals surface area contributed by atoms with Crippen LogP contribution in [0.5, 0.6) is 17.2 Å². The van der Waals surface area contributed by atoms with Gasteiger partial charge in [-0.3, -0.25) is 4.79 Å². The van der Waals surface area contributed by atoms with Crippen LogP contribution in [0.1, 0.15) is 10.4 Å². The van der Waals surface area contributed by atoms with Gasteiger partial charge >= 0.3 is 0 Å². The SMILES string of the molecule is COc1cc(C=O)c(-c2cc(-c3nccs3)ccc2-c2ccsc2)c(OC)c1OC. The van der Waals surface area contributed by atoms with Gasteiger partial charge in [0.2, 0.25) is 5.75 Å². The number of carbonyl (C=O) groups is 1. The average molecular weight is 438 g/mol. The third-order valence-electron chi connectivity index (χ3n) is 4.79. The second-order valence-corrected chi connectivity index (χ2v) is 8.01. The number of aromatic nitrogens is 1. The zero-order chi connectivity index (χ0) is 21.1. The molecule has 0 bridgehead atoms. The van der Waals surface area contributed by atoms with Crippen LogP contribution in [0.2, 0.25) is 0 Å². The maximum absolute atomic E-state index is 12.1. The van der Waals surface area contributed by atoms with Crippen LogP contribution in [-0.2, 0) is 0 Å². The number of aldehydes is 1. The number of thiazole rings is 1. The van der Waals surface area contributed by atoms with E-state index in [1.807, 2.05) is 22.9 Å². The molecule has 2 aromatic heterocycles. The van der Waals surface area contributed by atoms with Crippen LogP contribution in [0, 0.1) is 0 Å². The van der Waals surface area contributed by atoms with Gasteiger partial charge in [0.25, 0.3) is 0 Å². The Morgan fingerprint density at radius 2 is 1.73 bits per heavy atom. The van der Waals surface area contributed by atoms with Gasteiger partial charge in [-0.1, -0.05) is 12.1 Å². The summed E-state index contributed by atoms with van der Waals surface area (Å²) in [6.45, 7) is 0. The normalized spacial score (nSPS) is 10.6. The Morgan fingerprint density at radius 3 is 2.33 bits per heavy atom. The number of hydrogen-bond donors (Lipinski definition) is 0. The molecule has 0 aliphatic heterocycles. The predicted molar refractivity (Wildman–Crippen MR) is 121 cm³/mol. The van der Waals surface area contributed by atoms with E-state index < -0.39 is 0 Å². The van der Waals surface area contributed by atoms with Gasteiger partial charge in [-0.2, -0.15) is 11.3 Å². The van der Waals surface area contributed by atoms with Crippen LogP contribution in [0.25, 0.3) is 32.8 Å². The topological polar surface area (TPSA) is 57.7 Å². The van der Waals surface area contributed by atoms with Gasteiger partial charge in [-0.15, -0.1) is 11.3 Å². The molecule has 4 rings (SSSR count). The van der Waals surface area contributed by atoms with E-state index in [1.165, 1.54) is 7.11 Å². The van der Waals surface area contributed by atoms with Crippen LogP contribution < -0.4 is 14.2 Å². The van der Waals surface area contributed by atoms with Crippen molar-refractivity contribution < 1.29 is 19.0 Å². The molecule has 7 heteroatoms. The standard InChI is InChI=1S/C23H19NO4S2/c1-26-19-11-16(12-25)20(22(28-3)21(19)27-2)18-10-14(23-24-7-9-30-23)4-5-17(18)15-6-8-29-13-15/h4-13H,1-3H3. The first-order valence-corrected chi connectivity index (χ1v) is 10.9. The number of methoxy groups -OCH3 is 3. The van der Waals surface area contributed by atoms with Crippen molar-refractivity contribution in [3.8, 4) is 50.1 Å². The molecule has 4 aromatic rings. The molecule has 0 saturated heterocycles. The highest BCUT2D eigenvalue weighted by Gasteiger charge is 2.24. The van der Waals surface area contributed by atoms with Gasteiger partial charge in [0.1, 0.15) is 5.01 Å². The number of benzene rings is 2. The number of thiophene rings is 1. The monoisotopic (exact) mass is 437 g/mol. The van der Waals surface area contributed by atoms with Crippen LogP contribution in [0.15, 0.2) is 52.7 Å². The van der Waals surface area contributed by atoms with E-state index in [9.17, 15) is 4.79 Å². The van der Waals surface area contributed by atoms with Crippen molar-refractivity contribution in [3.05, 3.63) is 58.2 Å². The third-order valence-corrected chi connectivity index (χ3v) is 6.29. The molecule has 0 spiro atoms. The van der Waals surface area contributed by atoms with Gasteiger partial charge in [0.05, 0.1) is 21.3 Å². The lowest BCUT2D eigenvalue weighted by Crippen LogP contribution is -2.01. The Morgan fingerprint density at radius 1 is 0.900 bits per heavy atom. The number of rotatable bonds is 7. The summed E-state index contributed by atoms with van der Waals surface area (Å²) < 4.78 is 16.7. The van der Waals surface area contributed by atoms with Crippen LogP contribution in [0.4, 0.5) is 0 Å². The molecule has 30 heavy (non-hydrogen) atoms. The minimum atomic E-state index is 0.438. The molecule has 0 amide bonds. The van der Waals surface area contributed by atoms with E-state index in [1.54, 1.807) is 49.2 Å². The number of carbonyl (C=O) groups excluding carboxylic acids is 1. The highest BCUT2D eigenvalue weighted by Crippen LogP contribution is 2.49. The van der Waals surface area contributed by atoms with Gasteiger partial charge < -0.3 is 14.2 Å². The van der Waals surface area contributed by atoms with Crippen molar-refractivity contribution in [1.82, 2.24) is 4.98 Å². The molecular weight excluding hydrogens is 418 g/mol. The van der Waals surface area contributed by atoms with E-state index in [0.29, 0.717) is 28.4 Å². The summed E-state index contributed by atoms with van der Waals surface area (Å²) in [7, 11) is 4.65. The molecule has 152 valence electrons. The molecule has 0 unspecified atom stereocenters. The average Bonchev–Trinajstić information content (AvgIpc) is 3.51. The number of ether oxygens (including phenoxy) is 3. The van der Waals surface area contributed by atoms with E-state index in [-0.39, 0.29) is 0 Å². The summed E-state index contributed by atoms with van der Waals surface area (Å²) in [5.74, 6) is 1.33. The lowest BCUT2D eigenvalue weighted by atomic mass is 9.90. The first-order chi connectivity index (χ1) is 14.7. The van der Waals surface area contributed by atoms with Crippen molar-refractivity contribution in [2.45, 2.75) is 0 Å². The van der Waals surface area contributed by atoms with Gasteiger partial charge in [-0.05, 0) is 45.6 Å². The number of hydrogen-bond acceptors (Lipinski definition) is 7. The molecule has 5 nitrogen and oxygen atoms in total. The molecular formula is C23H19NO4S2. The highest BCUT2D eigenvalue weighted by molar-refractivity contribution is 7.13. The van der Waals surface area contributed by atoms with Crippen LogP contribution in [0.3, 0.4) is 0 Å². The lowest BCUT2D eigenvalue weighted by molar-refractivity contribution is 0.112. The summed E-state index contributed by atoms with van der Waals surface area (Å²) >= 11 is 3.18. The van der Waals surface area contributed by atoms with Crippen molar-refractivity contribution in [1.29, 1.82) is 0 Å². The van der Waals surface area contributed by atoms with Crippen LogP contribution in [-0.4, -0.2) is 32.6 Å². The summed E-state index contributed by atoms with van der Waals surface area (Å²) in [4.78, 5) is 16.5. The fourth-order valence-electron chi connectivity index (χ4n) is 3.47. The summed E-state index contributed by atoms with van der Waals surface area (Å²) in [5.41, 5.74) is 5.00.